The van der Waals surface area contributed by atoms with Gasteiger partial charge in [0.05, 0.1) is 11.7 Å². The molecule has 1 spiro atoms. The van der Waals surface area contributed by atoms with E-state index >= 15 is 0 Å². The summed E-state index contributed by atoms with van der Waals surface area (Å²) in [4.78, 5) is 21.1. The molecule has 0 aliphatic carbocycles. The van der Waals surface area contributed by atoms with Gasteiger partial charge in [-0.2, -0.15) is 0 Å². The second-order valence-electron chi connectivity index (χ2n) is 9.61. The van der Waals surface area contributed by atoms with Gasteiger partial charge in [-0.1, -0.05) is 6.07 Å². The summed E-state index contributed by atoms with van der Waals surface area (Å²) in [7, 11) is 0. The van der Waals surface area contributed by atoms with Gasteiger partial charge in [-0.05, 0) is 49.9 Å². The zero-order chi connectivity index (χ0) is 23.4. The standard InChI is InChI=1S/C25H29N5O3S/c1-14-2-5-18-21(27)22(34-24(18)28-14)23(31)29-16-10-15-3-4-17(11-19(15)32-12-16)30-8-7-25(13-30)20(26)6-9-33-25/h2-5,11,16,20H,6-10,12-13,26-27H2,1H3,(H,29,31)/t16-,20+,25-/m1/s1. The maximum Gasteiger partial charge on any atom is 0.263 e. The highest BCUT2D eigenvalue weighted by molar-refractivity contribution is 7.21. The predicted octanol–water partition coefficient (Wildman–Crippen LogP) is 2.62. The first-order valence-electron chi connectivity index (χ1n) is 11.8. The maximum absolute atomic E-state index is 13.0. The fraction of sp³-hybridized carbons (Fsp3) is 0.440. The fourth-order valence-electron chi connectivity index (χ4n) is 5.37. The van der Waals surface area contributed by atoms with E-state index in [-0.39, 0.29) is 23.6 Å². The number of aryl methyl sites for hydroxylation is 1. The Morgan fingerprint density at radius 2 is 2.21 bits per heavy atom. The summed E-state index contributed by atoms with van der Waals surface area (Å²) < 4.78 is 12.1. The Morgan fingerprint density at radius 3 is 3.03 bits per heavy atom. The molecule has 9 heteroatoms. The lowest BCUT2D eigenvalue weighted by Gasteiger charge is -2.30. The number of anilines is 2. The second kappa shape index (κ2) is 8.11. The van der Waals surface area contributed by atoms with Crippen LogP contribution >= 0.6 is 11.3 Å². The first-order chi connectivity index (χ1) is 16.4. The lowest BCUT2D eigenvalue weighted by molar-refractivity contribution is 0.0147. The van der Waals surface area contributed by atoms with Crippen molar-refractivity contribution in [3.63, 3.8) is 0 Å². The second-order valence-corrected chi connectivity index (χ2v) is 10.6. The molecular formula is C25H29N5O3S. The third-order valence-corrected chi connectivity index (χ3v) is 8.47. The Balaban J connectivity index is 1.14. The molecule has 0 bridgehead atoms. The largest absolute Gasteiger partial charge is 0.491 e. The van der Waals surface area contributed by atoms with Crippen LogP contribution in [0.5, 0.6) is 5.75 Å². The van der Waals surface area contributed by atoms with Crippen LogP contribution in [0.1, 0.15) is 33.8 Å². The summed E-state index contributed by atoms with van der Waals surface area (Å²) >= 11 is 1.33. The van der Waals surface area contributed by atoms with Crippen LogP contribution in [0, 0.1) is 6.92 Å². The Hall–Kier alpha value is -2.88. The van der Waals surface area contributed by atoms with Gasteiger partial charge < -0.3 is 31.2 Å². The summed E-state index contributed by atoms with van der Waals surface area (Å²) in [6.45, 7) is 4.84. The van der Waals surface area contributed by atoms with Gasteiger partial charge >= 0.3 is 0 Å². The van der Waals surface area contributed by atoms with E-state index in [1.54, 1.807) is 0 Å². The number of fused-ring (bicyclic) bond motifs is 2. The van der Waals surface area contributed by atoms with Crippen molar-refractivity contribution < 1.29 is 14.3 Å². The van der Waals surface area contributed by atoms with Crippen molar-refractivity contribution in [1.82, 2.24) is 10.3 Å². The van der Waals surface area contributed by atoms with Crippen LogP contribution in [-0.2, 0) is 11.2 Å². The highest BCUT2D eigenvalue weighted by Gasteiger charge is 2.47. The molecule has 0 saturated carbocycles. The van der Waals surface area contributed by atoms with Gasteiger partial charge in [0.2, 0.25) is 0 Å². The van der Waals surface area contributed by atoms with Crippen molar-refractivity contribution in [3.05, 3.63) is 46.5 Å². The lowest BCUT2D eigenvalue weighted by Crippen LogP contribution is -2.47. The molecule has 2 fully saturated rings. The van der Waals surface area contributed by atoms with E-state index in [0.717, 1.165) is 65.4 Å². The van der Waals surface area contributed by atoms with Crippen LogP contribution in [0.3, 0.4) is 0 Å². The van der Waals surface area contributed by atoms with E-state index in [1.165, 1.54) is 11.3 Å². The van der Waals surface area contributed by atoms with Crippen molar-refractivity contribution >= 4 is 38.8 Å². The van der Waals surface area contributed by atoms with Gasteiger partial charge in [0.15, 0.2) is 0 Å². The van der Waals surface area contributed by atoms with Crippen molar-refractivity contribution in [1.29, 1.82) is 0 Å². The van der Waals surface area contributed by atoms with Gasteiger partial charge in [0.1, 0.15) is 27.7 Å². The molecule has 2 aromatic heterocycles. The fourth-order valence-corrected chi connectivity index (χ4v) is 6.41. The summed E-state index contributed by atoms with van der Waals surface area (Å²) in [6.07, 6.45) is 2.59. The number of carbonyl (C=O) groups excluding carboxylic acids is 1. The number of nitrogens with zero attached hydrogens (tertiary/aromatic N) is 2. The molecule has 3 atom stereocenters. The topological polar surface area (TPSA) is 116 Å². The first-order valence-corrected chi connectivity index (χ1v) is 12.6. The summed E-state index contributed by atoms with van der Waals surface area (Å²) in [6, 6.07) is 10.1. The number of ether oxygens (including phenoxy) is 2. The number of nitrogen functional groups attached to an aromatic ring is 1. The number of carbonyl (C=O) groups is 1. The van der Waals surface area contributed by atoms with Gasteiger partial charge in [0, 0.05) is 48.6 Å². The molecule has 8 nitrogen and oxygen atoms in total. The van der Waals surface area contributed by atoms with Crippen LogP contribution < -0.4 is 26.4 Å². The Bertz CT molecular complexity index is 1280. The highest BCUT2D eigenvalue weighted by atomic mass is 32.1. The molecule has 2 saturated heterocycles. The quantitative estimate of drug-likeness (QED) is 0.529. The molecule has 5 heterocycles. The van der Waals surface area contributed by atoms with Crippen LogP contribution in [0.25, 0.3) is 10.2 Å². The first kappa shape index (κ1) is 21.6. The third-order valence-electron chi connectivity index (χ3n) is 7.35. The van der Waals surface area contributed by atoms with E-state index in [0.29, 0.717) is 23.6 Å². The molecule has 1 aromatic carbocycles. The van der Waals surface area contributed by atoms with E-state index in [4.69, 9.17) is 20.9 Å². The minimum atomic E-state index is -0.213. The molecule has 3 aliphatic rings. The van der Waals surface area contributed by atoms with Gasteiger partial charge in [0.25, 0.3) is 5.91 Å². The van der Waals surface area contributed by atoms with Crippen molar-refractivity contribution in [2.24, 2.45) is 5.73 Å². The van der Waals surface area contributed by atoms with E-state index in [9.17, 15) is 4.79 Å². The number of benzene rings is 1. The predicted molar refractivity (Wildman–Crippen MR) is 134 cm³/mol. The van der Waals surface area contributed by atoms with Gasteiger partial charge in [-0.3, -0.25) is 4.79 Å². The Morgan fingerprint density at radius 1 is 1.32 bits per heavy atom. The van der Waals surface area contributed by atoms with Crippen molar-refractivity contribution in [3.8, 4) is 5.75 Å². The van der Waals surface area contributed by atoms with Gasteiger partial charge in [-0.15, -0.1) is 11.3 Å². The molecule has 5 N–H and O–H groups in total. The lowest BCUT2D eigenvalue weighted by atomic mass is 9.94. The Kier molecular flexibility index (Phi) is 5.16. The number of thiophene rings is 1. The maximum atomic E-state index is 13.0. The van der Waals surface area contributed by atoms with Crippen molar-refractivity contribution in [2.45, 2.75) is 43.9 Å². The number of amides is 1. The number of pyridine rings is 1. The SMILES string of the molecule is Cc1ccc2c(N)c(C(=O)N[C@H]3COc4cc(N5CC[C@]6(C5)OCC[C@@H]6N)ccc4C3)sc2n1. The minimum absolute atomic E-state index is 0.102. The van der Waals surface area contributed by atoms with Crippen LogP contribution in [0.4, 0.5) is 11.4 Å². The molecule has 6 rings (SSSR count). The van der Waals surface area contributed by atoms with E-state index < -0.39 is 0 Å². The zero-order valence-corrected chi connectivity index (χ0v) is 20.0. The van der Waals surface area contributed by atoms with Crippen LogP contribution in [0.2, 0.25) is 0 Å². The van der Waals surface area contributed by atoms with Crippen LogP contribution in [-0.4, -0.2) is 54.9 Å². The third kappa shape index (κ3) is 3.59. The molecule has 3 aliphatic heterocycles. The zero-order valence-electron chi connectivity index (χ0n) is 19.2. The average Bonchev–Trinajstić information content (AvgIpc) is 3.51. The number of hydrogen-bond donors (Lipinski definition) is 3. The monoisotopic (exact) mass is 479 g/mol. The summed E-state index contributed by atoms with van der Waals surface area (Å²) in [5.74, 6) is 0.698. The smallest absolute Gasteiger partial charge is 0.263 e. The number of nitrogens with one attached hydrogen (secondary N) is 1. The molecule has 0 radical (unpaired) electrons. The molecular weight excluding hydrogens is 450 g/mol. The van der Waals surface area contributed by atoms with E-state index in [1.807, 2.05) is 19.1 Å². The number of hydrogen-bond acceptors (Lipinski definition) is 8. The van der Waals surface area contributed by atoms with Crippen LogP contribution in [0.15, 0.2) is 30.3 Å². The average molecular weight is 480 g/mol. The number of nitrogens with two attached hydrogens (primary N) is 2. The highest BCUT2D eigenvalue weighted by Crippen LogP contribution is 2.38. The van der Waals surface area contributed by atoms with Gasteiger partial charge in [-0.25, -0.2) is 4.98 Å². The van der Waals surface area contributed by atoms with E-state index in [2.05, 4.69) is 33.4 Å². The normalized spacial score (nSPS) is 26.1. The Labute approximate surface area is 202 Å². The number of rotatable bonds is 3. The molecule has 0 unspecified atom stereocenters. The number of aromatic nitrogens is 1. The molecule has 34 heavy (non-hydrogen) atoms. The minimum Gasteiger partial charge on any atom is -0.491 e. The molecule has 178 valence electrons. The summed E-state index contributed by atoms with van der Waals surface area (Å²) in [5, 5.41) is 3.92. The van der Waals surface area contributed by atoms with Crippen molar-refractivity contribution in [2.75, 3.05) is 36.9 Å². The molecule has 1 amide bonds. The summed E-state index contributed by atoms with van der Waals surface area (Å²) in [5.41, 5.74) is 16.0. The molecule has 3 aromatic rings.